The fourth-order valence-electron chi connectivity index (χ4n) is 3.07. The molecule has 0 fully saturated rings. The molecule has 6 nitrogen and oxygen atoms in total. The fraction of sp³-hybridized carbons (Fsp3) is 0.538. The predicted octanol–water partition coefficient (Wildman–Crippen LogP) is 6.48. The average molecular weight is 474 g/mol. The van der Waals surface area contributed by atoms with Crippen molar-refractivity contribution in [2.24, 2.45) is 0 Å². The number of carboxylic acids is 1. The molecule has 2 N–H and O–H groups in total. The number of ketones is 1. The van der Waals surface area contributed by atoms with Gasteiger partial charge in [-0.15, -0.1) is 11.8 Å². The van der Waals surface area contributed by atoms with Crippen LogP contribution < -0.4 is 5.32 Å². The standard InChI is InChI=1S/C26H39N3O3S/c1-18(2)10-8-11-19(3)12-9-13-20(4)14-15-33-26(6,7)23(24(31)32)29-25-27-16-22(17-28-25)21(5)30/h10,12,14,16-17,23H,8-9,11,13,15H2,1-7H3,(H,31,32)(H,27,28,29)/b19-12+,20-14+. The number of aliphatic carboxylic acids is 1. The second-order valence-electron chi connectivity index (χ2n) is 9.14. The normalized spacial score (nSPS) is 13.4. The van der Waals surface area contributed by atoms with Gasteiger partial charge in [0, 0.05) is 22.9 Å². The lowest BCUT2D eigenvalue weighted by Gasteiger charge is -2.31. The molecule has 182 valence electrons. The first-order chi connectivity index (χ1) is 15.4. The summed E-state index contributed by atoms with van der Waals surface area (Å²) < 4.78 is -0.605. The maximum atomic E-state index is 11.9. The van der Waals surface area contributed by atoms with Crippen LogP contribution in [-0.2, 0) is 4.79 Å². The first-order valence-corrected chi connectivity index (χ1v) is 12.3. The van der Waals surface area contributed by atoms with Crippen molar-refractivity contribution in [1.82, 2.24) is 9.97 Å². The van der Waals surface area contributed by atoms with Crippen LogP contribution in [0, 0.1) is 0 Å². The first kappa shape index (κ1) is 28.6. The van der Waals surface area contributed by atoms with Crippen LogP contribution in [0.4, 0.5) is 5.95 Å². The summed E-state index contributed by atoms with van der Waals surface area (Å²) in [5.41, 5.74) is 4.47. The van der Waals surface area contributed by atoms with E-state index in [0.29, 0.717) is 5.56 Å². The van der Waals surface area contributed by atoms with Gasteiger partial charge in [0.15, 0.2) is 5.78 Å². The van der Waals surface area contributed by atoms with Crippen molar-refractivity contribution in [2.45, 2.75) is 84.9 Å². The van der Waals surface area contributed by atoms with E-state index >= 15 is 0 Å². The molecular weight excluding hydrogens is 434 g/mol. The smallest absolute Gasteiger partial charge is 0.327 e. The highest BCUT2D eigenvalue weighted by Crippen LogP contribution is 2.30. The number of carbonyl (C=O) groups is 2. The summed E-state index contributed by atoms with van der Waals surface area (Å²) >= 11 is 1.57. The van der Waals surface area contributed by atoms with Crippen molar-refractivity contribution in [3.05, 3.63) is 52.9 Å². The van der Waals surface area contributed by atoms with Crippen LogP contribution in [0.2, 0.25) is 0 Å². The molecule has 0 radical (unpaired) electrons. The van der Waals surface area contributed by atoms with Crippen molar-refractivity contribution in [3.8, 4) is 0 Å². The molecule has 1 heterocycles. The molecule has 0 saturated carbocycles. The number of carbonyl (C=O) groups excluding carboxylic acids is 1. The second-order valence-corrected chi connectivity index (χ2v) is 10.8. The monoisotopic (exact) mass is 473 g/mol. The average Bonchev–Trinajstić information content (AvgIpc) is 2.71. The quantitative estimate of drug-likeness (QED) is 0.236. The lowest BCUT2D eigenvalue weighted by molar-refractivity contribution is -0.138. The SMILES string of the molecule is CC(=O)c1cnc(NC(C(=O)O)C(C)(C)SC/C=C(\C)CC/C=C(\C)CCC=C(C)C)nc1. The van der Waals surface area contributed by atoms with Crippen LogP contribution in [0.25, 0.3) is 0 Å². The lowest BCUT2D eigenvalue weighted by atomic mass is 10.0. The Balaban J connectivity index is 2.61. The van der Waals surface area contributed by atoms with E-state index in [0.717, 1.165) is 31.4 Å². The van der Waals surface area contributed by atoms with Gasteiger partial charge in [-0.2, -0.15) is 0 Å². The van der Waals surface area contributed by atoms with Crippen molar-refractivity contribution in [3.63, 3.8) is 0 Å². The van der Waals surface area contributed by atoms with E-state index < -0.39 is 16.8 Å². The molecule has 7 heteroatoms. The van der Waals surface area contributed by atoms with Crippen LogP contribution in [0.3, 0.4) is 0 Å². The number of nitrogens with one attached hydrogen (secondary N) is 1. The summed E-state index contributed by atoms with van der Waals surface area (Å²) in [5, 5.41) is 12.7. The molecule has 0 saturated heterocycles. The molecule has 1 rings (SSSR count). The zero-order chi connectivity index (χ0) is 25.0. The molecule has 1 aromatic heterocycles. The Kier molecular flexibility index (Phi) is 12.1. The van der Waals surface area contributed by atoms with E-state index in [-0.39, 0.29) is 11.7 Å². The Labute approximate surface area is 203 Å². The molecular formula is C26H39N3O3S. The highest BCUT2D eigenvalue weighted by Gasteiger charge is 2.36. The van der Waals surface area contributed by atoms with Crippen LogP contribution >= 0.6 is 11.8 Å². The van der Waals surface area contributed by atoms with Gasteiger partial charge in [-0.25, -0.2) is 14.8 Å². The molecule has 0 aromatic carbocycles. The van der Waals surface area contributed by atoms with Gasteiger partial charge in [-0.05, 0) is 74.1 Å². The molecule has 0 bridgehead atoms. The minimum Gasteiger partial charge on any atom is -0.480 e. The van der Waals surface area contributed by atoms with Gasteiger partial charge in [-0.3, -0.25) is 4.79 Å². The molecule has 1 unspecified atom stereocenters. The molecule has 33 heavy (non-hydrogen) atoms. The third-order valence-electron chi connectivity index (χ3n) is 5.28. The maximum Gasteiger partial charge on any atom is 0.327 e. The van der Waals surface area contributed by atoms with E-state index in [1.54, 1.807) is 11.8 Å². The maximum absolute atomic E-state index is 11.9. The third kappa shape index (κ3) is 11.3. The van der Waals surface area contributed by atoms with E-state index in [1.165, 1.54) is 36.0 Å². The fourth-order valence-corrected chi connectivity index (χ4v) is 4.19. The summed E-state index contributed by atoms with van der Waals surface area (Å²) in [6.45, 7) is 13.8. The van der Waals surface area contributed by atoms with Crippen molar-refractivity contribution >= 4 is 29.5 Å². The Hall–Kier alpha value is -2.41. The Morgan fingerprint density at radius 2 is 1.55 bits per heavy atom. The Bertz CT molecular complexity index is 883. The highest BCUT2D eigenvalue weighted by molar-refractivity contribution is 8.00. The van der Waals surface area contributed by atoms with Crippen LogP contribution in [0.15, 0.2) is 47.3 Å². The molecule has 1 atom stereocenters. The second kappa shape index (κ2) is 14.0. The van der Waals surface area contributed by atoms with Gasteiger partial charge < -0.3 is 10.4 Å². The number of allylic oxidation sites excluding steroid dienone is 5. The lowest BCUT2D eigenvalue weighted by Crippen LogP contribution is -2.46. The van der Waals surface area contributed by atoms with E-state index in [4.69, 9.17) is 0 Å². The van der Waals surface area contributed by atoms with Crippen molar-refractivity contribution < 1.29 is 14.7 Å². The highest BCUT2D eigenvalue weighted by atomic mass is 32.2. The minimum atomic E-state index is -0.971. The molecule has 0 aliphatic rings. The Morgan fingerprint density at radius 3 is 2.06 bits per heavy atom. The van der Waals surface area contributed by atoms with E-state index in [9.17, 15) is 14.7 Å². The van der Waals surface area contributed by atoms with Crippen LogP contribution in [0.1, 0.15) is 84.5 Å². The Morgan fingerprint density at radius 1 is 1.00 bits per heavy atom. The van der Waals surface area contributed by atoms with Crippen molar-refractivity contribution in [2.75, 3.05) is 11.1 Å². The van der Waals surface area contributed by atoms with Gasteiger partial charge in [-0.1, -0.05) is 34.9 Å². The van der Waals surface area contributed by atoms with Crippen LogP contribution in [0.5, 0.6) is 0 Å². The molecule has 0 amide bonds. The zero-order valence-corrected chi connectivity index (χ0v) is 21.9. The number of aromatic nitrogens is 2. The topological polar surface area (TPSA) is 92.2 Å². The van der Waals surface area contributed by atoms with Crippen LogP contribution in [-0.4, -0.2) is 43.4 Å². The van der Waals surface area contributed by atoms with Gasteiger partial charge in [0.1, 0.15) is 6.04 Å². The van der Waals surface area contributed by atoms with Gasteiger partial charge >= 0.3 is 5.97 Å². The van der Waals surface area contributed by atoms with Crippen molar-refractivity contribution in [1.29, 1.82) is 0 Å². The summed E-state index contributed by atoms with van der Waals surface area (Å²) in [5.74, 6) is -0.193. The summed E-state index contributed by atoms with van der Waals surface area (Å²) in [7, 11) is 0. The number of thioether (sulfide) groups is 1. The summed E-state index contributed by atoms with van der Waals surface area (Å²) in [6, 6.07) is -0.884. The molecule has 0 aliphatic carbocycles. The number of carboxylic acid groups (broad SMARTS) is 1. The van der Waals surface area contributed by atoms with E-state index in [2.05, 4.69) is 61.2 Å². The number of hydrogen-bond donors (Lipinski definition) is 2. The minimum absolute atomic E-state index is 0.135. The van der Waals surface area contributed by atoms with Gasteiger partial charge in [0.2, 0.25) is 5.95 Å². The number of nitrogens with zero attached hydrogens (tertiary/aromatic N) is 2. The number of anilines is 1. The summed E-state index contributed by atoms with van der Waals surface area (Å²) in [4.78, 5) is 31.5. The number of rotatable bonds is 14. The third-order valence-corrected chi connectivity index (χ3v) is 6.60. The first-order valence-electron chi connectivity index (χ1n) is 11.3. The molecule has 0 spiro atoms. The van der Waals surface area contributed by atoms with E-state index in [1.807, 2.05) is 13.8 Å². The predicted molar refractivity (Wildman–Crippen MR) is 139 cm³/mol. The molecule has 1 aromatic rings. The number of hydrogen-bond acceptors (Lipinski definition) is 6. The summed E-state index contributed by atoms with van der Waals surface area (Å²) in [6.07, 6.45) is 13.8. The largest absolute Gasteiger partial charge is 0.480 e. The van der Waals surface area contributed by atoms with Gasteiger partial charge in [0.25, 0.3) is 0 Å². The zero-order valence-electron chi connectivity index (χ0n) is 21.1. The van der Waals surface area contributed by atoms with Gasteiger partial charge in [0.05, 0.1) is 5.56 Å². The molecule has 0 aliphatic heterocycles. The number of Topliss-reactive ketones (excluding diaryl/α,β-unsaturated/α-hetero) is 1.